The molecule has 256 valence electrons. The predicted octanol–water partition coefficient (Wildman–Crippen LogP) is 4.66. The zero-order valence-electron chi connectivity index (χ0n) is 27.8. The fourth-order valence-corrected chi connectivity index (χ4v) is 9.29. The number of nitrogen functional groups attached to an aromatic ring is 1. The molecular formula is C36H41FN8O4. The maximum Gasteiger partial charge on any atom is 0.319 e. The van der Waals surface area contributed by atoms with Crippen molar-refractivity contribution < 1.29 is 23.3 Å². The number of nitrogens with zero attached hydrogens (tertiary/aromatic N) is 6. The average molecular weight is 669 g/mol. The molecular weight excluding hydrogens is 627 g/mol. The van der Waals surface area contributed by atoms with E-state index in [4.69, 9.17) is 39.6 Å². The van der Waals surface area contributed by atoms with Crippen LogP contribution in [-0.4, -0.2) is 101 Å². The van der Waals surface area contributed by atoms with E-state index in [9.17, 15) is 0 Å². The molecule has 10 rings (SSSR count). The van der Waals surface area contributed by atoms with Gasteiger partial charge in [0.2, 0.25) is 5.88 Å². The van der Waals surface area contributed by atoms with Crippen LogP contribution in [0.15, 0.2) is 17.2 Å². The van der Waals surface area contributed by atoms with Crippen molar-refractivity contribution in [3.63, 3.8) is 0 Å². The minimum Gasteiger partial charge on any atom is -0.475 e. The lowest BCUT2D eigenvalue weighted by molar-refractivity contribution is 0.100. The fourth-order valence-electron chi connectivity index (χ4n) is 9.29. The van der Waals surface area contributed by atoms with Gasteiger partial charge in [-0.3, -0.25) is 10.00 Å². The topological polar surface area (TPSA) is 137 Å². The van der Waals surface area contributed by atoms with E-state index in [0.717, 1.165) is 87.9 Å². The molecule has 0 spiro atoms. The van der Waals surface area contributed by atoms with E-state index in [1.54, 1.807) is 0 Å². The summed E-state index contributed by atoms with van der Waals surface area (Å²) >= 11 is 0. The summed E-state index contributed by atoms with van der Waals surface area (Å²) < 4.78 is 42.0. The number of hydrogen-bond donors (Lipinski definition) is 2. The number of aromatic nitrogens is 5. The standard InChI is InChI=1S/C36H41FN8O4/c1-19-5-2-6-20-11-24-26(32(38)43-42-24)27(25(19)20)30-29(37)31-28-33(45-9-4-10-46-16-23(45)17-48-34(28)39-30)41-35(40-31)49-18-36-7-3-8-44(36)13-21(12-36)22-14-47-15-22/h11,19,23H,2-10,12-18H2,1H3,(H3,38,42,43)/t19-,23+,36+/m1/s1. The SMILES string of the molecule is C[C@@H]1CCCc2cc3[nH]nc(N)c3c(-c3nc4c5c(nc(OC[C@@]67CCCN6CC(=C6COC6)C7)nc5c3F)N3CCCOC[C@H]3CO4)c21. The Morgan fingerprint density at radius 2 is 2.00 bits per heavy atom. The minimum atomic E-state index is -0.535. The smallest absolute Gasteiger partial charge is 0.319 e. The van der Waals surface area contributed by atoms with E-state index in [0.29, 0.717) is 66.8 Å². The van der Waals surface area contributed by atoms with Crippen LogP contribution < -0.4 is 20.1 Å². The van der Waals surface area contributed by atoms with Crippen molar-refractivity contribution in [1.82, 2.24) is 30.0 Å². The Labute approximate surface area is 283 Å². The number of H-pyrrole nitrogens is 1. The van der Waals surface area contributed by atoms with Gasteiger partial charge in [0.25, 0.3) is 0 Å². The Morgan fingerprint density at radius 1 is 1.08 bits per heavy atom. The number of hydrogen-bond acceptors (Lipinski definition) is 11. The molecule has 0 unspecified atom stereocenters. The number of fused-ring (bicyclic) bond motifs is 5. The summed E-state index contributed by atoms with van der Waals surface area (Å²) in [6.07, 6.45) is 6.88. The Kier molecular flexibility index (Phi) is 6.83. The lowest BCUT2D eigenvalue weighted by Gasteiger charge is -2.31. The normalized spacial score (nSPS) is 26.6. The van der Waals surface area contributed by atoms with Crippen molar-refractivity contribution in [1.29, 1.82) is 0 Å². The molecule has 1 aliphatic carbocycles. The fraction of sp³-hybridized carbons (Fsp3) is 0.556. The third-order valence-corrected chi connectivity index (χ3v) is 11.8. The molecule has 12 nitrogen and oxygen atoms in total. The highest BCUT2D eigenvalue weighted by Gasteiger charge is 2.48. The van der Waals surface area contributed by atoms with Crippen molar-refractivity contribution in [3.8, 4) is 23.1 Å². The molecule has 4 fully saturated rings. The molecule has 0 bridgehead atoms. The molecule has 4 saturated heterocycles. The van der Waals surface area contributed by atoms with Gasteiger partial charge in [-0.2, -0.15) is 15.1 Å². The first-order valence-electron chi connectivity index (χ1n) is 17.8. The predicted molar refractivity (Wildman–Crippen MR) is 182 cm³/mol. The first-order chi connectivity index (χ1) is 24.0. The quantitative estimate of drug-likeness (QED) is 0.294. The summed E-state index contributed by atoms with van der Waals surface area (Å²) in [6.45, 7) is 8.21. The van der Waals surface area contributed by atoms with Gasteiger partial charge < -0.3 is 29.6 Å². The van der Waals surface area contributed by atoms with Crippen LogP contribution in [0.4, 0.5) is 16.0 Å². The second-order valence-corrected chi connectivity index (χ2v) is 14.8. The molecule has 49 heavy (non-hydrogen) atoms. The maximum atomic E-state index is 17.5. The number of ether oxygens (including phenoxy) is 4. The Morgan fingerprint density at radius 3 is 2.88 bits per heavy atom. The number of anilines is 2. The number of halogens is 1. The first kappa shape index (κ1) is 29.8. The van der Waals surface area contributed by atoms with Crippen molar-refractivity contribution in [2.24, 2.45) is 0 Å². The number of nitrogens with one attached hydrogen (secondary N) is 1. The molecule has 3 N–H and O–H groups in total. The van der Waals surface area contributed by atoms with Gasteiger partial charge in [0.1, 0.15) is 35.6 Å². The number of benzene rings is 1. The van der Waals surface area contributed by atoms with Crippen LogP contribution in [0.1, 0.15) is 62.5 Å². The van der Waals surface area contributed by atoms with Gasteiger partial charge in [-0.1, -0.05) is 12.5 Å². The highest BCUT2D eigenvalue weighted by atomic mass is 19.1. The molecule has 1 aromatic carbocycles. The number of rotatable bonds is 4. The monoisotopic (exact) mass is 668 g/mol. The van der Waals surface area contributed by atoms with Crippen LogP contribution in [-0.2, 0) is 15.9 Å². The number of aryl methyl sites for hydroxylation is 1. The van der Waals surface area contributed by atoms with Gasteiger partial charge in [0.05, 0.1) is 42.3 Å². The molecule has 6 aliphatic rings. The van der Waals surface area contributed by atoms with Crippen LogP contribution in [0.5, 0.6) is 11.9 Å². The molecule has 4 aromatic rings. The van der Waals surface area contributed by atoms with Crippen molar-refractivity contribution in [2.75, 3.05) is 69.9 Å². The Bertz CT molecular complexity index is 2040. The van der Waals surface area contributed by atoms with Gasteiger partial charge in [-0.05, 0) is 80.2 Å². The molecule has 3 aromatic heterocycles. The first-order valence-corrected chi connectivity index (χ1v) is 17.8. The zero-order valence-corrected chi connectivity index (χ0v) is 27.8. The van der Waals surface area contributed by atoms with E-state index < -0.39 is 5.82 Å². The summed E-state index contributed by atoms with van der Waals surface area (Å²) in [5.41, 5.74) is 13.2. The highest BCUT2D eigenvalue weighted by Crippen LogP contribution is 2.48. The van der Waals surface area contributed by atoms with Gasteiger partial charge in [-0.25, -0.2) is 9.37 Å². The second-order valence-electron chi connectivity index (χ2n) is 14.8. The number of nitrogens with two attached hydrogens (primary N) is 1. The second kappa shape index (κ2) is 11.2. The summed E-state index contributed by atoms with van der Waals surface area (Å²) in [5.74, 6) is 0.866. The third-order valence-electron chi connectivity index (χ3n) is 11.8. The Hall–Kier alpha value is -4.07. The summed E-state index contributed by atoms with van der Waals surface area (Å²) in [7, 11) is 0. The molecule has 5 aliphatic heterocycles. The van der Waals surface area contributed by atoms with Gasteiger partial charge in [0.15, 0.2) is 11.6 Å². The number of aromatic amines is 1. The van der Waals surface area contributed by atoms with Crippen LogP contribution in [0.3, 0.4) is 0 Å². The van der Waals surface area contributed by atoms with Crippen molar-refractivity contribution in [3.05, 3.63) is 34.2 Å². The van der Waals surface area contributed by atoms with Gasteiger partial charge in [-0.15, -0.1) is 0 Å². The number of pyridine rings is 1. The summed E-state index contributed by atoms with van der Waals surface area (Å²) in [5, 5.41) is 8.54. The summed E-state index contributed by atoms with van der Waals surface area (Å²) in [4.78, 5) is 19.6. The minimum absolute atomic E-state index is 0.118. The Balaban J connectivity index is 1.15. The summed E-state index contributed by atoms with van der Waals surface area (Å²) in [6, 6.07) is 2.16. The maximum absolute atomic E-state index is 17.5. The lowest BCUT2D eigenvalue weighted by atomic mass is 9.79. The molecule has 8 heterocycles. The average Bonchev–Trinajstić information content (AvgIpc) is 3.64. The van der Waals surface area contributed by atoms with E-state index >= 15 is 4.39 Å². The zero-order chi connectivity index (χ0) is 32.9. The largest absolute Gasteiger partial charge is 0.475 e. The van der Waals surface area contributed by atoms with E-state index in [2.05, 4.69) is 33.0 Å². The van der Waals surface area contributed by atoms with Gasteiger partial charge >= 0.3 is 6.01 Å². The molecule has 3 atom stereocenters. The molecule has 0 radical (unpaired) electrons. The molecule has 0 amide bonds. The van der Waals surface area contributed by atoms with Gasteiger partial charge in [0, 0.05) is 25.3 Å². The van der Waals surface area contributed by atoms with Crippen molar-refractivity contribution >= 4 is 33.4 Å². The highest BCUT2D eigenvalue weighted by molar-refractivity contribution is 6.06. The third kappa shape index (κ3) is 4.58. The van der Waals surface area contributed by atoms with Crippen LogP contribution in [0.2, 0.25) is 0 Å². The van der Waals surface area contributed by atoms with Crippen LogP contribution in [0, 0.1) is 5.82 Å². The van der Waals surface area contributed by atoms with Crippen LogP contribution >= 0.6 is 0 Å². The lowest BCUT2D eigenvalue weighted by Crippen LogP contribution is -2.43. The van der Waals surface area contributed by atoms with E-state index in [1.807, 2.05) is 0 Å². The van der Waals surface area contributed by atoms with Crippen LogP contribution in [0.25, 0.3) is 33.1 Å². The molecule has 13 heteroatoms. The van der Waals surface area contributed by atoms with E-state index in [-0.39, 0.29) is 34.7 Å². The van der Waals surface area contributed by atoms with Crippen molar-refractivity contribution in [2.45, 2.75) is 69.4 Å². The molecule has 0 saturated carbocycles. The van der Waals surface area contributed by atoms with E-state index in [1.165, 1.54) is 11.1 Å².